The third-order valence-electron chi connectivity index (χ3n) is 6.74. The average Bonchev–Trinajstić information content (AvgIpc) is 2.47. The molecular weight excluding hydrogens is 315 g/mol. The summed E-state index contributed by atoms with van der Waals surface area (Å²) in [6.07, 6.45) is 11.3. The van der Waals surface area contributed by atoms with E-state index < -0.39 is 13.1 Å². The van der Waals surface area contributed by atoms with Gasteiger partial charge in [0.05, 0.1) is 0 Å². The Morgan fingerprint density at radius 3 is 0.800 bits per heavy atom. The van der Waals surface area contributed by atoms with E-state index in [1.165, 1.54) is 51.4 Å². The van der Waals surface area contributed by atoms with Gasteiger partial charge in [0.15, 0.2) is 0 Å². The van der Waals surface area contributed by atoms with Crippen molar-refractivity contribution < 1.29 is 0 Å². The molecule has 0 nitrogen and oxygen atoms in total. The van der Waals surface area contributed by atoms with Crippen LogP contribution in [-0.4, -0.2) is 13.1 Å². The summed E-state index contributed by atoms with van der Waals surface area (Å²) in [6, 6.07) is 0. The van der Waals surface area contributed by atoms with Crippen molar-refractivity contribution in [3.05, 3.63) is 0 Å². The van der Waals surface area contributed by atoms with Gasteiger partial charge in [0.2, 0.25) is 0 Å². The van der Waals surface area contributed by atoms with E-state index in [2.05, 4.69) is 55.4 Å². The molecule has 1 heteroatoms. The van der Waals surface area contributed by atoms with E-state index in [0.717, 1.165) is 23.7 Å². The standard InChI is InChI=1S/4C6H13.Al/c4*1-4-5-6(2)3;/h4*6H,2,4-5H2,1,3H3;/q;;;;-1. The predicted molar refractivity (Wildman–Crippen MR) is 121 cm³/mol. The Morgan fingerprint density at radius 1 is 0.440 bits per heavy atom. The van der Waals surface area contributed by atoms with Crippen LogP contribution in [0.3, 0.4) is 0 Å². The summed E-state index contributed by atoms with van der Waals surface area (Å²) in [6.45, 7) is 19.8. The molecule has 0 aliphatic heterocycles. The first-order chi connectivity index (χ1) is 11.8. The van der Waals surface area contributed by atoms with E-state index in [0.29, 0.717) is 0 Å². The second kappa shape index (κ2) is 14.6. The molecule has 0 fully saturated rings. The third-order valence-corrected chi connectivity index (χ3v) is 14.0. The van der Waals surface area contributed by atoms with Crippen LogP contribution in [0.2, 0.25) is 21.1 Å². The van der Waals surface area contributed by atoms with Crippen LogP contribution in [0.25, 0.3) is 0 Å². The first-order valence-electron chi connectivity index (χ1n) is 12.0. The fourth-order valence-electron chi connectivity index (χ4n) is 6.43. The van der Waals surface area contributed by atoms with Gasteiger partial charge < -0.3 is 0 Å². The summed E-state index contributed by atoms with van der Waals surface area (Å²) < 4.78 is 0. The molecule has 0 aromatic heterocycles. The molecule has 4 atom stereocenters. The van der Waals surface area contributed by atoms with Gasteiger partial charge in [-0.3, -0.25) is 0 Å². The Morgan fingerprint density at radius 2 is 0.640 bits per heavy atom. The Kier molecular flexibility index (Phi) is 14.9. The zero-order valence-corrected chi connectivity index (χ0v) is 20.5. The number of rotatable bonds is 16. The van der Waals surface area contributed by atoms with Gasteiger partial charge in [0.25, 0.3) is 0 Å². The Labute approximate surface area is 164 Å². The van der Waals surface area contributed by atoms with Gasteiger partial charge in [-0.2, -0.15) is 21.1 Å². The summed E-state index contributed by atoms with van der Waals surface area (Å²) >= 11 is -1.55. The maximum absolute atomic E-state index is 2.57. The smallest absolute Gasteiger partial charge is 0.135 e. The molecule has 0 heterocycles. The van der Waals surface area contributed by atoms with Crippen LogP contribution >= 0.6 is 0 Å². The first kappa shape index (κ1) is 25.5. The van der Waals surface area contributed by atoms with Gasteiger partial charge in [-0.15, -0.1) is 0 Å². The van der Waals surface area contributed by atoms with Gasteiger partial charge in [0.1, 0.15) is 13.1 Å². The molecule has 25 heavy (non-hydrogen) atoms. The summed E-state index contributed by atoms with van der Waals surface area (Å²) in [5.41, 5.74) is 0. The fraction of sp³-hybridized carbons (Fsp3) is 1.00. The molecule has 0 amide bonds. The minimum atomic E-state index is -1.55. The maximum atomic E-state index is 2.57. The zero-order chi connectivity index (χ0) is 19.3. The van der Waals surface area contributed by atoms with Crippen molar-refractivity contribution in [2.24, 2.45) is 23.7 Å². The molecule has 0 saturated carbocycles. The van der Waals surface area contributed by atoms with Crippen molar-refractivity contribution >= 4 is 13.1 Å². The van der Waals surface area contributed by atoms with Crippen molar-refractivity contribution in [1.29, 1.82) is 0 Å². The SMILES string of the molecule is CCCC(C)[CH2][Al-]([CH2]C(C)CCC)([CH2]C(C)CCC)[CH2]C(C)CCC. The highest BCUT2D eigenvalue weighted by Gasteiger charge is 2.34. The largest absolute Gasteiger partial charge is 0.189 e. The molecule has 0 saturated heterocycles. The molecule has 0 aliphatic rings. The van der Waals surface area contributed by atoms with E-state index >= 15 is 0 Å². The summed E-state index contributed by atoms with van der Waals surface area (Å²) in [5, 5.41) is 6.54. The molecule has 152 valence electrons. The van der Waals surface area contributed by atoms with Gasteiger partial charge in [-0.05, 0) is 0 Å². The second-order valence-electron chi connectivity index (χ2n) is 10.3. The van der Waals surface area contributed by atoms with Crippen LogP contribution in [0.1, 0.15) is 107 Å². The van der Waals surface area contributed by atoms with Gasteiger partial charge in [-0.1, -0.05) is 130 Å². The molecule has 0 aliphatic carbocycles. The Bertz CT molecular complexity index is 237. The van der Waals surface area contributed by atoms with Crippen molar-refractivity contribution in [3.8, 4) is 0 Å². The second-order valence-corrected chi connectivity index (χ2v) is 15.6. The lowest BCUT2D eigenvalue weighted by atomic mass is 10.1. The quantitative estimate of drug-likeness (QED) is 0.238. The van der Waals surface area contributed by atoms with Crippen LogP contribution in [0, 0.1) is 23.7 Å². The van der Waals surface area contributed by atoms with Crippen molar-refractivity contribution in [2.75, 3.05) is 0 Å². The molecule has 0 N–H and O–H groups in total. The lowest BCUT2D eigenvalue weighted by Crippen LogP contribution is -2.41. The van der Waals surface area contributed by atoms with E-state index in [-0.39, 0.29) is 0 Å². The lowest BCUT2D eigenvalue weighted by molar-refractivity contribution is 0.497. The van der Waals surface area contributed by atoms with Crippen LogP contribution in [-0.2, 0) is 0 Å². The predicted octanol–water partition coefficient (Wildman–Crippen LogP) is 9.18. The molecule has 0 radical (unpaired) electrons. The van der Waals surface area contributed by atoms with Crippen molar-refractivity contribution in [1.82, 2.24) is 0 Å². The van der Waals surface area contributed by atoms with E-state index in [4.69, 9.17) is 0 Å². The third kappa shape index (κ3) is 11.8. The molecular formula is C24H52Al-. The molecule has 0 aromatic rings. The highest BCUT2D eigenvalue weighted by Crippen LogP contribution is 2.41. The first-order valence-corrected chi connectivity index (χ1v) is 15.3. The van der Waals surface area contributed by atoms with Crippen molar-refractivity contribution in [2.45, 2.75) is 128 Å². The minimum Gasteiger partial charge on any atom is -0.189 e. The lowest BCUT2D eigenvalue weighted by Gasteiger charge is -2.44. The highest BCUT2D eigenvalue weighted by atomic mass is 27.2. The molecule has 0 bridgehead atoms. The maximum Gasteiger partial charge on any atom is 0.135 e. The summed E-state index contributed by atoms with van der Waals surface area (Å²) in [4.78, 5) is 0. The monoisotopic (exact) mass is 367 g/mol. The number of hydrogen-bond donors (Lipinski definition) is 0. The Balaban J connectivity index is 5.39. The molecule has 0 aromatic carbocycles. The average molecular weight is 368 g/mol. The van der Waals surface area contributed by atoms with Crippen LogP contribution in [0.4, 0.5) is 0 Å². The Hall–Kier alpha value is 0.532. The van der Waals surface area contributed by atoms with Crippen LogP contribution in [0.15, 0.2) is 0 Å². The molecule has 0 rings (SSSR count). The molecule has 4 unspecified atom stereocenters. The topological polar surface area (TPSA) is 0 Å². The van der Waals surface area contributed by atoms with E-state index in [1.807, 2.05) is 0 Å². The van der Waals surface area contributed by atoms with E-state index in [9.17, 15) is 0 Å². The fourth-order valence-corrected chi connectivity index (χ4v) is 15.4. The van der Waals surface area contributed by atoms with Gasteiger partial charge >= 0.3 is 0 Å². The van der Waals surface area contributed by atoms with Gasteiger partial charge in [-0.25, -0.2) is 0 Å². The number of hydrogen-bond acceptors (Lipinski definition) is 0. The van der Waals surface area contributed by atoms with Crippen molar-refractivity contribution in [3.63, 3.8) is 0 Å². The van der Waals surface area contributed by atoms with Crippen LogP contribution < -0.4 is 0 Å². The summed E-state index contributed by atoms with van der Waals surface area (Å²) in [7, 11) is 0. The molecule has 0 spiro atoms. The van der Waals surface area contributed by atoms with Gasteiger partial charge in [0, 0.05) is 0 Å². The highest BCUT2D eigenvalue weighted by molar-refractivity contribution is 6.80. The zero-order valence-electron chi connectivity index (χ0n) is 19.4. The van der Waals surface area contributed by atoms with Crippen LogP contribution in [0.5, 0.6) is 0 Å². The normalized spacial score (nSPS) is 19.2. The summed E-state index contributed by atoms with van der Waals surface area (Å²) in [5.74, 6) is 3.86. The minimum absolute atomic E-state index is 0.964. The van der Waals surface area contributed by atoms with E-state index in [1.54, 1.807) is 21.1 Å².